The molecule has 14 heavy (non-hydrogen) atoms. The number of nitrogens with zero attached hydrogens (tertiary/aromatic N) is 1. The molecule has 0 aliphatic heterocycles. The number of nitro benzene ring substituents is 1. The monoisotopic (exact) mass is 209 g/mol. The molecule has 0 radical (unpaired) electrons. The van der Waals surface area contributed by atoms with Crippen LogP contribution in [0.1, 0.15) is 10.4 Å². The first-order chi connectivity index (χ1) is 5.61. The number of rotatable bonds is 2. The molecule has 0 amide bonds. The molecule has 0 heterocycles. The Hall–Kier alpha value is -0.950. The van der Waals surface area contributed by atoms with E-state index < -0.39 is 10.9 Å². The van der Waals surface area contributed by atoms with Gasteiger partial charge in [-0.15, -0.1) is 0 Å². The molecule has 72 valence electrons. The van der Waals surface area contributed by atoms with E-state index in [1.165, 1.54) is 18.2 Å². The second-order valence-electron chi connectivity index (χ2n) is 2.11. The molecular formula is C7H8NNaO5. The maximum atomic E-state index is 10.4. The Kier molecular flexibility index (Phi) is 7.20. The molecule has 1 rings (SSSR count). The molecule has 0 aliphatic carbocycles. The van der Waals surface area contributed by atoms with Gasteiger partial charge < -0.3 is 10.6 Å². The number of carboxylic acids is 1. The summed E-state index contributed by atoms with van der Waals surface area (Å²) in [6, 6.07) is 4.89. The van der Waals surface area contributed by atoms with Gasteiger partial charge >= 0.3 is 35.5 Å². The first-order valence-electron chi connectivity index (χ1n) is 3.09. The Balaban J connectivity index is 0. The van der Waals surface area contributed by atoms with Crippen LogP contribution in [0, 0.1) is 10.1 Å². The summed E-state index contributed by atoms with van der Waals surface area (Å²) < 4.78 is 0. The number of benzene rings is 1. The predicted molar refractivity (Wildman–Crippen MR) is 50.8 cm³/mol. The number of carboxylic acid groups (broad SMARTS) is 1. The fourth-order valence-corrected chi connectivity index (χ4v) is 0.753. The second kappa shape index (κ2) is 6.50. The van der Waals surface area contributed by atoms with Gasteiger partial charge in [-0.1, -0.05) is 6.07 Å². The van der Waals surface area contributed by atoms with Gasteiger partial charge in [-0.2, -0.15) is 0 Å². The molecule has 0 saturated carbocycles. The third-order valence-corrected chi connectivity index (χ3v) is 1.30. The minimum absolute atomic E-state index is 0. The van der Waals surface area contributed by atoms with Gasteiger partial charge in [0.2, 0.25) is 0 Å². The molecule has 1 aromatic carbocycles. The average Bonchev–Trinajstić information content (AvgIpc) is 2.04. The van der Waals surface area contributed by atoms with Crippen LogP contribution in [-0.4, -0.2) is 51.0 Å². The van der Waals surface area contributed by atoms with E-state index in [0.29, 0.717) is 0 Å². The zero-order valence-corrected chi connectivity index (χ0v) is 6.43. The van der Waals surface area contributed by atoms with E-state index in [-0.39, 0.29) is 46.3 Å². The topological polar surface area (TPSA) is 112 Å². The SMILES string of the molecule is O.O=C(O)c1cccc([N+](=O)[O-])c1.[NaH]. The molecule has 0 fully saturated rings. The van der Waals surface area contributed by atoms with Crippen molar-refractivity contribution >= 4 is 41.2 Å². The van der Waals surface area contributed by atoms with Gasteiger partial charge in [-0.05, 0) is 6.07 Å². The molecule has 0 aliphatic rings. The molecule has 0 saturated heterocycles. The molecule has 0 bridgehead atoms. The maximum absolute atomic E-state index is 10.4. The molecule has 3 N–H and O–H groups in total. The molecule has 6 nitrogen and oxygen atoms in total. The van der Waals surface area contributed by atoms with Gasteiger partial charge in [0.1, 0.15) is 0 Å². The van der Waals surface area contributed by atoms with E-state index in [4.69, 9.17) is 5.11 Å². The predicted octanol–water partition coefficient (Wildman–Crippen LogP) is -0.180. The van der Waals surface area contributed by atoms with E-state index in [2.05, 4.69) is 0 Å². The fourth-order valence-electron chi connectivity index (χ4n) is 0.753. The quantitative estimate of drug-likeness (QED) is 0.413. The summed E-state index contributed by atoms with van der Waals surface area (Å²) in [5.41, 5.74) is -0.292. The van der Waals surface area contributed by atoms with Crippen molar-refractivity contribution in [2.45, 2.75) is 0 Å². The van der Waals surface area contributed by atoms with Gasteiger partial charge in [-0.25, -0.2) is 4.79 Å². The van der Waals surface area contributed by atoms with Crippen molar-refractivity contribution in [1.29, 1.82) is 0 Å². The van der Waals surface area contributed by atoms with Crippen LogP contribution < -0.4 is 0 Å². The van der Waals surface area contributed by atoms with Crippen LogP contribution in [0.25, 0.3) is 0 Å². The van der Waals surface area contributed by atoms with E-state index in [1.54, 1.807) is 0 Å². The van der Waals surface area contributed by atoms with Gasteiger partial charge in [0.15, 0.2) is 0 Å². The summed E-state index contributed by atoms with van der Waals surface area (Å²) in [6.07, 6.45) is 0. The number of nitro groups is 1. The van der Waals surface area contributed by atoms with Crippen molar-refractivity contribution in [1.82, 2.24) is 0 Å². The molecule has 7 heteroatoms. The molecule has 0 unspecified atom stereocenters. The number of hydrogen-bond donors (Lipinski definition) is 1. The zero-order chi connectivity index (χ0) is 9.14. The van der Waals surface area contributed by atoms with Crippen LogP contribution >= 0.6 is 0 Å². The van der Waals surface area contributed by atoms with Crippen LogP contribution in [0.4, 0.5) is 5.69 Å². The molecule has 0 aromatic heterocycles. The molecule has 0 spiro atoms. The Morgan fingerprint density at radius 2 is 2.00 bits per heavy atom. The van der Waals surface area contributed by atoms with Gasteiger partial charge in [0.05, 0.1) is 10.5 Å². The second-order valence-corrected chi connectivity index (χ2v) is 2.11. The number of aromatic carboxylic acids is 1. The Bertz CT molecular complexity index is 311. The van der Waals surface area contributed by atoms with Crippen LogP contribution in [0.15, 0.2) is 24.3 Å². The third-order valence-electron chi connectivity index (χ3n) is 1.30. The van der Waals surface area contributed by atoms with Gasteiger partial charge in [-0.3, -0.25) is 10.1 Å². The zero-order valence-electron chi connectivity index (χ0n) is 6.43. The van der Waals surface area contributed by atoms with Crippen LogP contribution in [0.2, 0.25) is 0 Å². The minimum atomic E-state index is -1.17. The standard InChI is InChI=1S/C7H5NO4.Na.H2O.H/c9-7(10)5-2-1-3-6(4-5)8(11)12;;;/h1-4H,(H,9,10);;1H2;. The fraction of sp³-hybridized carbons (Fsp3) is 0. The van der Waals surface area contributed by atoms with Crippen LogP contribution in [0.5, 0.6) is 0 Å². The van der Waals surface area contributed by atoms with Crippen molar-refractivity contribution in [3.8, 4) is 0 Å². The van der Waals surface area contributed by atoms with Crippen LogP contribution in [-0.2, 0) is 0 Å². The third kappa shape index (κ3) is 3.84. The van der Waals surface area contributed by atoms with Crippen molar-refractivity contribution in [2.24, 2.45) is 0 Å². The first-order valence-corrected chi connectivity index (χ1v) is 3.09. The van der Waals surface area contributed by atoms with Gasteiger partial charge in [0.25, 0.3) is 5.69 Å². The van der Waals surface area contributed by atoms with Crippen molar-refractivity contribution in [2.75, 3.05) is 0 Å². The van der Waals surface area contributed by atoms with Crippen LogP contribution in [0.3, 0.4) is 0 Å². The number of carbonyl (C=O) groups is 1. The summed E-state index contributed by atoms with van der Waals surface area (Å²) in [4.78, 5) is 19.9. The molecule has 0 atom stereocenters. The Labute approximate surface area is 101 Å². The van der Waals surface area contributed by atoms with Crippen molar-refractivity contribution < 1.29 is 20.3 Å². The summed E-state index contributed by atoms with van der Waals surface area (Å²) in [7, 11) is 0. The normalized spacial score (nSPS) is 8.00. The summed E-state index contributed by atoms with van der Waals surface area (Å²) >= 11 is 0. The van der Waals surface area contributed by atoms with E-state index in [1.807, 2.05) is 0 Å². The molecular weight excluding hydrogens is 201 g/mol. The molecule has 1 aromatic rings. The summed E-state index contributed by atoms with van der Waals surface area (Å²) in [6.45, 7) is 0. The Morgan fingerprint density at radius 3 is 2.43 bits per heavy atom. The average molecular weight is 209 g/mol. The first kappa shape index (κ1) is 15.5. The van der Waals surface area contributed by atoms with Crippen molar-refractivity contribution in [3.05, 3.63) is 39.9 Å². The Morgan fingerprint density at radius 1 is 1.43 bits per heavy atom. The summed E-state index contributed by atoms with van der Waals surface area (Å²) in [5.74, 6) is -1.17. The van der Waals surface area contributed by atoms with E-state index in [9.17, 15) is 14.9 Å². The number of non-ortho nitro benzene ring substituents is 1. The summed E-state index contributed by atoms with van der Waals surface area (Å²) in [5, 5.41) is 18.7. The van der Waals surface area contributed by atoms with E-state index >= 15 is 0 Å². The number of hydrogen-bond acceptors (Lipinski definition) is 3. The van der Waals surface area contributed by atoms with Gasteiger partial charge in [0, 0.05) is 12.1 Å². The van der Waals surface area contributed by atoms with E-state index in [0.717, 1.165) is 6.07 Å². The van der Waals surface area contributed by atoms with Crippen molar-refractivity contribution in [3.63, 3.8) is 0 Å².